The topological polar surface area (TPSA) is 69.9 Å². The number of aromatic nitrogens is 3. The van der Waals surface area contributed by atoms with Crippen molar-refractivity contribution in [3.63, 3.8) is 0 Å². The largest absolute Gasteiger partial charge is 0.461 e. The van der Waals surface area contributed by atoms with Crippen LogP contribution in [-0.2, 0) is 5.75 Å². The normalized spacial score (nSPS) is 10.8. The lowest BCUT2D eigenvalue weighted by Gasteiger charge is -2.02. The fourth-order valence-corrected chi connectivity index (χ4v) is 2.49. The lowest BCUT2D eigenvalue weighted by Crippen LogP contribution is -2.11. The first-order valence-corrected chi connectivity index (χ1v) is 6.84. The summed E-state index contributed by atoms with van der Waals surface area (Å²) >= 11 is 1.42. The van der Waals surface area contributed by atoms with Crippen LogP contribution in [0.15, 0.2) is 52.2 Å². The summed E-state index contributed by atoms with van der Waals surface area (Å²) in [6, 6.07) is 9.84. The highest BCUT2D eigenvalue weighted by atomic mass is 32.2. The van der Waals surface area contributed by atoms with E-state index in [0.29, 0.717) is 22.5 Å². The van der Waals surface area contributed by atoms with Crippen molar-refractivity contribution in [2.75, 3.05) is 5.84 Å². The van der Waals surface area contributed by atoms with Crippen LogP contribution >= 0.6 is 11.8 Å². The van der Waals surface area contributed by atoms with Gasteiger partial charge in [-0.1, -0.05) is 23.9 Å². The maximum atomic E-state index is 12.8. The van der Waals surface area contributed by atoms with Gasteiger partial charge < -0.3 is 10.3 Å². The van der Waals surface area contributed by atoms with Crippen LogP contribution < -0.4 is 5.84 Å². The number of furan rings is 1. The second-order valence-electron chi connectivity index (χ2n) is 4.07. The molecule has 0 fully saturated rings. The molecule has 0 aliphatic heterocycles. The van der Waals surface area contributed by atoms with Crippen LogP contribution in [0.25, 0.3) is 11.6 Å². The van der Waals surface area contributed by atoms with Crippen LogP contribution in [0.5, 0.6) is 0 Å². The van der Waals surface area contributed by atoms with Crippen molar-refractivity contribution in [3.8, 4) is 11.6 Å². The third-order valence-electron chi connectivity index (χ3n) is 2.69. The van der Waals surface area contributed by atoms with E-state index in [2.05, 4.69) is 10.2 Å². The zero-order valence-electron chi connectivity index (χ0n) is 10.4. The van der Waals surface area contributed by atoms with E-state index in [1.165, 1.54) is 28.6 Å². The molecule has 0 amide bonds. The predicted molar refractivity (Wildman–Crippen MR) is 73.8 cm³/mol. The number of nitrogens with zero attached hydrogens (tertiary/aromatic N) is 3. The molecule has 102 valence electrons. The van der Waals surface area contributed by atoms with Crippen molar-refractivity contribution in [1.82, 2.24) is 14.9 Å². The van der Waals surface area contributed by atoms with E-state index >= 15 is 0 Å². The maximum Gasteiger partial charge on any atom is 0.218 e. The number of thioether (sulfide) groups is 1. The van der Waals surface area contributed by atoms with Crippen LogP contribution in [0.2, 0.25) is 0 Å². The fourth-order valence-electron chi connectivity index (χ4n) is 1.68. The maximum absolute atomic E-state index is 12.8. The molecule has 2 aromatic heterocycles. The van der Waals surface area contributed by atoms with Crippen LogP contribution in [0.3, 0.4) is 0 Å². The van der Waals surface area contributed by atoms with Crippen molar-refractivity contribution in [2.45, 2.75) is 10.9 Å². The highest BCUT2D eigenvalue weighted by Crippen LogP contribution is 2.24. The van der Waals surface area contributed by atoms with Crippen molar-refractivity contribution >= 4 is 11.8 Å². The highest BCUT2D eigenvalue weighted by Gasteiger charge is 2.14. The van der Waals surface area contributed by atoms with Gasteiger partial charge in [0.25, 0.3) is 0 Å². The Labute approximate surface area is 118 Å². The van der Waals surface area contributed by atoms with E-state index < -0.39 is 0 Å². The smallest absolute Gasteiger partial charge is 0.218 e. The third-order valence-corrected chi connectivity index (χ3v) is 3.70. The molecule has 0 aliphatic rings. The number of halogens is 1. The minimum atomic E-state index is -0.249. The summed E-state index contributed by atoms with van der Waals surface area (Å²) in [4.78, 5) is 0. The van der Waals surface area contributed by atoms with Gasteiger partial charge in [0.2, 0.25) is 11.0 Å². The van der Waals surface area contributed by atoms with Crippen molar-refractivity contribution < 1.29 is 8.81 Å². The molecule has 7 heteroatoms. The zero-order valence-corrected chi connectivity index (χ0v) is 11.2. The molecule has 2 N–H and O–H groups in total. The van der Waals surface area contributed by atoms with Gasteiger partial charge in [-0.3, -0.25) is 0 Å². The van der Waals surface area contributed by atoms with E-state index in [1.807, 2.05) is 0 Å². The van der Waals surface area contributed by atoms with Gasteiger partial charge in [0.15, 0.2) is 5.76 Å². The summed E-state index contributed by atoms with van der Waals surface area (Å²) in [6.45, 7) is 0. The van der Waals surface area contributed by atoms with Crippen molar-refractivity contribution in [3.05, 3.63) is 54.0 Å². The first-order chi connectivity index (χ1) is 9.74. The molecule has 5 nitrogen and oxygen atoms in total. The Bertz CT molecular complexity index is 694. The Morgan fingerprint density at radius 3 is 2.70 bits per heavy atom. The van der Waals surface area contributed by atoms with E-state index in [4.69, 9.17) is 10.3 Å². The highest BCUT2D eigenvalue weighted by molar-refractivity contribution is 7.98. The number of hydrogen-bond donors (Lipinski definition) is 1. The number of hydrogen-bond acceptors (Lipinski definition) is 5. The van der Waals surface area contributed by atoms with Gasteiger partial charge in [-0.15, -0.1) is 10.2 Å². The molecular weight excluding hydrogens is 279 g/mol. The van der Waals surface area contributed by atoms with Gasteiger partial charge in [-0.05, 0) is 29.8 Å². The van der Waals surface area contributed by atoms with E-state index in [0.717, 1.165) is 5.56 Å². The molecule has 0 saturated heterocycles. The molecule has 0 bridgehead atoms. The summed E-state index contributed by atoms with van der Waals surface area (Å²) < 4.78 is 19.4. The van der Waals surface area contributed by atoms with Crippen molar-refractivity contribution in [1.29, 1.82) is 0 Å². The Hall–Kier alpha value is -2.28. The van der Waals surface area contributed by atoms with Gasteiger partial charge in [-0.25, -0.2) is 9.07 Å². The van der Waals surface area contributed by atoms with Gasteiger partial charge in [0.05, 0.1) is 6.26 Å². The molecule has 2 heterocycles. The van der Waals surface area contributed by atoms with Gasteiger partial charge >= 0.3 is 0 Å². The fraction of sp³-hybridized carbons (Fsp3) is 0.0769. The summed E-state index contributed by atoms with van der Waals surface area (Å²) in [5.74, 6) is 7.35. The Balaban J connectivity index is 1.74. The third kappa shape index (κ3) is 2.53. The van der Waals surface area contributed by atoms with Crippen molar-refractivity contribution in [2.24, 2.45) is 0 Å². The van der Waals surface area contributed by atoms with Crippen LogP contribution in [0.1, 0.15) is 5.56 Å². The van der Waals surface area contributed by atoms with Crippen LogP contribution in [0.4, 0.5) is 4.39 Å². The van der Waals surface area contributed by atoms with Gasteiger partial charge in [-0.2, -0.15) is 0 Å². The second-order valence-corrected chi connectivity index (χ2v) is 5.01. The van der Waals surface area contributed by atoms with E-state index in [1.54, 1.807) is 30.5 Å². The minimum absolute atomic E-state index is 0.249. The summed E-state index contributed by atoms with van der Waals surface area (Å²) in [5, 5.41) is 8.59. The summed E-state index contributed by atoms with van der Waals surface area (Å²) in [5.41, 5.74) is 0.985. The standard InChI is InChI=1S/C13H11FN4OS/c14-10-5-3-9(4-6-10)8-20-13-17-16-12(18(13)15)11-2-1-7-19-11/h1-7H,8,15H2. The number of benzene rings is 1. The molecule has 3 rings (SSSR count). The molecule has 20 heavy (non-hydrogen) atoms. The predicted octanol–water partition coefficient (Wildman–Crippen LogP) is 2.68. The quantitative estimate of drug-likeness (QED) is 0.591. The Morgan fingerprint density at radius 1 is 1.20 bits per heavy atom. The van der Waals surface area contributed by atoms with Gasteiger partial charge in [0.1, 0.15) is 5.82 Å². The molecular formula is C13H11FN4OS. The Morgan fingerprint density at radius 2 is 2.00 bits per heavy atom. The number of nitrogens with two attached hydrogens (primary N) is 1. The summed E-state index contributed by atoms with van der Waals surface area (Å²) in [6.07, 6.45) is 1.55. The number of nitrogen functional groups attached to an aromatic ring is 1. The first-order valence-electron chi connectivity index (χ1n) is 5.85. The molecule has 0 spiro atoms. The Kier molecular flexibility index (Phi) is 3.42. The van der Waals surface area contributed by atoms with Gasteiger partial charge in [0, 0.05) is 5.75 Å². The molecule has 0 atom stereocenters. The molecule has 0 aliphatic carbocycles. The molecule has 3 aromatic rings. The summed E-state index contributed by atoms with van der Waals surface area (Å²) in [7, 11) is 0. The molecule has 0 radical (unpaired) electrons. The lowest BCUT2D eigenvalue weighted by molar-refractivity contribution is 0.574. The monoisotopic (exact) mass is 290 g/mol. The van der Waals surface area contributed by atoms with Crippen LogP contribution in [0, 0.1) is 5.82 Å². The average Bonchev–Trinajstić information content (AvgIpc) is 3.08. The molecule has 1 aromatic carbocycles. The zero-order chi connectivity index (χ0) is 13.9. The SMILES string of the molecule is Nn1c(SCc2ccc(F)cc2)nnc1-c1ccco1. The average molecular weight is 290 g/mol. The first kappa shape index (κ1) is 12.7. The number of rotatable bonds is 4. The minimum Gasteiger partial charge on any atom is -0.461 e. The molecule has 0 unspecified atom stereocenters. The molecule has 0 saturated carbocycles. The second kappa shape index (κ2) is 5.38. The van der Waals surface area contributed by atoms with E-state index in [-0.39, 0.29) is 5.82 Å². The lowest BCUT2D eigenvalue weighted by atomic mass is 10.2. The van der Waals surface area contributed by atoms with E-state index in [9.17, 15) is 4.39 Å². The van der Waals surface area contributed by atoms with Crippen LogP contribution in [-0.4, -0.2) is 14.9 Å².